The normalized spacial score (nSPS) is 37.0. The van der Waals surface area contributed by atoms with Crippen LogP contribution in [0.25, 0.3) is 0 Å². The summed E-state index contributed by atoms with van der Waals surface area (Å²) in [6.07, 6.45) is 2.83. The Morgan fingerprint density at radius 3 is 2.88 bits per heavy atom. The van der Waals surface area contributed by atoms with Gasteiger partial charge in [-0.15, -0.1) is 0 Å². The predicted octanol–water partition coefficient (Wildman–Crippen LogP) is 2.19. The van der Waals surface area contributed by atoms with E-state index in [0.717, 1.165) is 17.5 Å². The molecule has 2 aliphatic rings. The molecule has 0 amide bonds. The zero-order valence-corrected chi connectivity index (χ0v) is 9.49. The molecule has 0 radical (unpaired) electrons. The van der Waals surface area contributed by atoms with E-state index in [2.05, 4.69) is 0 Å². The molecule has 0 spiro atoms. The maximum atomic E-state index is 12.1. The topological polar surface area (TPSA) is 37.3 Å². The van der Waals surface area contributed by atoms with Crippen LogP contribution in [0.2, 0.25) is 0 Å². The SMILES string of the molecule is CC12Cc3ccccc3C1(O)CCCC2=O. The van der Waals surface area contributed by atoms with E-state index < -0.39 is 11.0 Å². The van der Waals surface area contributed by atoms with Gasteiger partial charge >= 0.3 is 0 Å². The van der Waals surface area contributed by atoms with Crippen LogP contribution in [0.5, 0.6) is 0 Å². The van der Waals surface area contributed by atoms with Crippen molar-refractivity contribution in [2.45, 2.75) is 38.2 Å². The maximum absolute atomic E-state index is 12.1. The van der Waals surface area contributed by atoms with Gasteiger partial charge in [-0.05, 0) is 37.3 Å². The van der Waals surface area contributed by atoms with Crippen LogP contribution in [-0.2, 0) is 16.8 Å². The fourth-order valence-corrected chi connectivity index (χ4v) is 3.42. The summed E-state index contributed by atoms with van der Waals surface area (Å²) in [5.41, 5.74) is 0.613. The molecule has 0 bridgehead atoms. The average Bonchev–Trinajstić information content (AvgIpc) is 2.50. The number of hydrogen-bond acceptors (Lipinski definition) is 2. The van der Waals surface area contributed by atoms with Gasteiger partial charge in [0.25, 0.3) is 0 Å². The van der Waals surface area contributed by atoms with Crippen LogP contribution in [0.15, 0.2) is 24.3 Å². The Morgan fingerprint density at radius 2 is 2.06 bits per heavy atom. The van der Waals surface area contributed by atoms with Gasteiger partial charge in [0.2, 0.25) is 0 Å². The zero-order valence-electron chi connectivity index (χ0n) is 9.49. The van der Waals surface area contributed by atoms with Gasteiger partial charge in [0.1, 0.15) is 11.4 Å². The fourth-order valence-electron chi connectivity index (χ4n) is 3.42. The molecule has 0 saturated heterocycles. The highest BCUT2D eigenvalue weighted by atomic mass is 16.3. The maximum Gasteiger partial charge on any atom is 0.142 e. The molecular formula is C14H16O2. The van der Waals surface area contributed by atoms with E-state index in [9.17, 15) is 9.90 Å². The Labute approximate surface area is 95.3 Å². The first-order valence-corrected chi connectivity index (χ1v) is 5.92. The molecule has 84 valence electrons. The summed E-state index contributed by atoms with van der Waals surface area (Å²) in [5, 5.41) is 10.9. The number of Topliss-reactive ketones (excluding diaryl/α,β-unsaturated/α-hetero) is 1. The molecule has 1 saturated carbocycles. The molecule has 0 heterocycles. The average molecular weight is 216 g/mol. The molecule has 2 heteroatoms. The van der Waals surface area contributed by atoms with Gasteiger partial charge in [-0.25, -0.2) is 0 Å². The minimum atomic E-state index is -0.918. The molecule has 2 unspecified atom stereocenters. The lowest BCUT2D eigenvalue weighted by Crippen LogP contribution is -2.49. The number of rotatable bonds is 0. The van der Waals surface area contributed by atoms with E-state index in [4.69, 9.17) is 0 Å². The smallest absolute Gasteiger partial charge is 0.142 e. The highest BCUT2D eigenvalue weighted by Crippen LogP contribution is 2.56. The van der Waals surface area contributed by atoms with Crippen molar-refractivity contribution < 1.29 is 9.90 Å². The second-order valence-electron chi connectivity index (χ2n) is 5.30. The van der Waals surface area contributed by atoms with Crippen molar-refractivity contribution in [1.29, 1.82) is 0 Å². The number of ketones is 1. The van der Waals surface area contributed by atoms with Crippen LogP contribution in [0.3, 0.4) is 0 Å². The lowest BCUT2D eigenvalue weighted by Gasteiger charge is -2.42. The standard InChI is InChI=1S/C14H16O2/c1-13-9-10-5-2-3-6-11(10)14(13,16)8-4-7-12(13)15/h2-3,5-6,16H,4,7-9H2,1H3. The highest BCUT2D eigenvalue weighted by molar-refractivity contribution is 5.88. The number of fused-ring (bicyclic) bond motifs is 3. The summed E-state index contributed by atoms with van der Waals surface area (Å²) in [6.45, 7) is 1.93. The van der Waals surface area contributed by atoms with E-state index >= 15 is 0 Å². The molecule has 2 aliphatic carbocycles. The van der Waals surface area contributed by atoms with Gasteiger partial charge in [-0.1, -0.05) is 24.3 Å². The van der Waals surface area contributed by atoms with E-state index in [1.54, 1.807) is 0 Å². The Morgan fingerprint density at radius 1 is 1.31 bits per heavy atom. The summed E-state index contributed by atoms with van der Waals surface area (Å²) in [4.78, 5) is 12.1. The summed E-state index contributed by atoms with van der Waals surface area (Å²) in [5.74, 6) is 0.220. The predicted molar refractivity (Wildman–Crippen MR) is 61.0 cm³/mol. The first-order valence-electron chi connectivity index (χ1n) is 5.92. The summed E-state index contributed by atoms with van der Waals surface area (Å²) in [6, 6.07) is 7.93. The third kappa shape index (κ3) is 0.983. The quantitative estimate of drug-likeness (QED) is 0.721. The fraction of sp³-hybridized carbons (Fsp3) is 0.500. The van der Waals surface area contributed by atoms with Crippen LogP contribution < -0.4 is 0 Å². The molecule has 1 fully saturated rings. The first-order chi connectivity index (χ1) is 7.58. The van der Waals surface area contributed by atoms with Crippen LogP contribution in [0.1, 0.15) is 37.3 Å². The highest BCUT2D eigenvalue weighted by Gasteiger charge is 2.59. The van der Waals surface area contributed by atoms with Crippen LogP contribution in [-0.4, -0.2) is 10.9 Å². The van der Waals surface area contributed by atoms with Crippen molar-refractivity contribution in [1.82, 2.24) is 0 Å². The Kier molecular flexibility index (Phi) is 1.85. The van der Waals surface area contributed by atoms with E-state index in [1.165, 1.54) is 0 Å². The van der Waals surface area contributed by atoms with E-state index in [-0.39, 0.29) is 5.78 Å². The molecule has 1 aromatic rings. The number of hydrogen-bond donors (Lipinski definition) is 1. The number of carbonyl (C=O) groups is 1. The lowest BCUT2D eigenvalue weighted by molar-refractivity contribution is -0.153. The molecule has 0 aromatic heterocycles. The second kappa shape index (κ2) is 2.95. The van der Waals surface area contributed by atoms with Crippen molar-refractivity contribution >= 4 is 5.78 Å². The van der Waals surface area contributed by atoms with Gasteiger partial charge in [0.05, 0.1) is 5.41 Å². The molecule has 0 aliphatic heterocycles. The van der Waals surface area contributed by atoms with Crippen molar-refractivity contribution in [3.8, 4) is 0 Å². The molecule has 2 nitrogen and oxygen atoms in total. The van der Waals surface area contributed by atoms with Gasteiger partial charge in [-0.2, -0.15) is 0 Å². The van der Waals surface area contributed by atoms with Crippen molar-refractivity contribution in [2.24, 2.45) is 5.41 Å². The lowest BCUT2D eigenvalue weighted by atomic mass is 9.64. The van der Waals surface area contributed by atoms with Crippen LogP contribution in [0.4, 0.5) is 0 Å². The molecule has 1 aromatic carbocycles. The Hall–Kier alpha value is -1.15. The second-order valence-corrected chi connectivity index (χ2v) is 5.30. The third-order valence-electron chi connectivity index (χ3n) is 4.48. The van der Waals surface area contributed by atoms with Crippen molar-refractivity contribution in [3.63, 3.8) is 0 Å². The van der Waals surface area contributed by atoms with Gasteiger partial charge in [0, 0.05) is 6.42 Å². The third-order valence-corrected chi connectivity index (χ3v) is 4.48. The van der Waals surface area contributed by atoms with Crippen molar-refractivity contribution in [2.75, 3.05) is 0 Å². The Bertz CT molecular complexity index is 466. The number of aliphatic hydroxyl groups is 1. The largest absolute Gasteiger partial charge is 0.384 e. The summed E-state index contributed by atoms with van der Waals surface area (Å²) < 4.78 is 0. The van der Waals surface area contributed by atoms with E-state index in [1.807, 2.05) is 31.2 Å². The molecule has 2 atom stereocenters. The van der Waals surface area contributed by atoms with Crippen LogP contribution >= 0.6 is 0 Å². The molecule has 3 rings (SSSR count). The summed E-state index contributed by atoms with van der Waals surface area (Å²) >= 11 is 0. The Balaban J connectivity index is 2.21. The van der Waals surface area contributed by atoms with Gasteiger partial charge in [0.15, 0.2) is 0 Å². The minimum Gasteiger partial charge on any atom is -0.384 e. The van der Waals surface area contributed by atoms with E-state index in [0.29, 0.717) is 19.3 Å². The monoisotopic (exact) mass is 216 g/mol. The summed E-state index contributed by atoms with van der Waals surface area (Å²) in [7, 11) is 0. The minimum absolute atomic E-state index is 0.220. The first kappa shape index (κ1) is 10.0. The molecule has 16 heavy (non-hydrogen) atoms. The number of carbonyl (C=O) groups excluding carboxylic acids is 1. The number of benzene rings is 1. The van der Waals surface area contributed by atoms with Gasteiger partial charge < -0.3 is 5.11 Å². The van der Waals surface area contributed by atoms with Crippen molar-refractivity contribution in [3.05, 3.63) is 35.4 Å². The molecular weight excluding hydrogens is 200 g/mol. The molecule has 1 N–H and O–H groups in total. The van der Waals surface area contributed by atoms with Gasteiger partial charge in [-0.3, -0.25) is 4.79 Å². The van der Waals surface area contributed by atoms with Crippen LogP contribution in [0, 0.1) is 5.41 Å². The zero-order chi connectivity index (χ0) is 11.4.